The predicted octanol–water partition coefficient (Wildman–Crippen LogP) is 1.33. The molecular weight excluding hydrogens is 262 g/mol. The Hall–Kier alpha value is -3.09. The molecule has 0 aliphatic carbocycles. The number of aromatic nitrogens is 2. The van der Waals surface area contributed by atoms with Crippen LogP contribution in [0.1, 0.15) is 0 Å². The second kappa shape index (κ2) is 4.54. The zero-order chi connectivity index (χ0) is 14.1. The molecule has 1 aromatic carbocycles. The molecule has 0 atom stereocenters. The van der Waals surface area contributed by atoms with Crippen molar-refractivity contribution in [3.05, 3.63) is 57.2 Å². The van der Waals surface area contributed by atoms with Gasteiger partial charge in [0, 0.05) is 17.1 Å². The van der Waals surface area contributed by atoms with Gasteiger partial charge in [-0.2, -0.15) is 4.98 Å². The number of aromatic hydroxyl groups is 1. The van der Waals surface area contributed by atoms with Crippen LogP contribution in [0.5, 0.6) is 5.88 Å². The molecule has 0 aliphatic rings. The summed E-state index contributed by atoms with van der Waals surface area (Å²) in [6.07, 6.45) is 0. The maximum Gasteiger partial charge on any atom is 0.336 e. The average molecular weight is 271 g/mol. The van der Waals surface area contributed by atoms with Crippen molar-refractivity contribution in [3.63, 3.8) is 0 Å². The van der Waals surface area contributed by atoms with Crippen LogP contribution < -0.4 is 16.5 Å². The van der Waals surface area contributed by atoms with Crippen molar-refractivity contribution < 1.29 is 9.52 Å². The monoisotopic (exact) mass is 271 g/mol. The van der Waals surface area contributed by atoms with Crippen molar-refractivity contribution in [3.8, 4) is 5.88 Å². The molecule has 0 radical (unpaired) electrons. The van der Waals surface area contributed by atoms with Gasteiger partial charge in [0.25, 0.3) is 5.56 Å². The fraction of sp³-hybridized carbons (Fsp3) is 0. The average Bonchev–Trinajstić information content (AvgIpc) is 2.38. The molecule has 3 N–H and O–H groups in total. The molecule has 0 aliphatic heterocycles. The maximum atomic E-state index is 11.2. The maximum absolute atomic E-state index is 11.2. The van der Waals surface area contributed by atoms with Crippen LogP contribution in [0.3, 0.4) is 0 Å². The summed E-state index contributed by atoms with van der Waals surface area (Å²) in [6, 6.07) is 8.93. The van der Waals surface area contributed by atoms with E-state index in [1.54, 1.807) is 24.3 Å². The van der Waals surface area contributed by atoms with E-state index in [2.05, 4.69) is 15.3 Å². The standard InChI is InChI=1S/C13H9N3O4/c17-10-6-11(18)16-13(15-10)14-8-2-3-9-7(5-8)1-4-12(19)20-9/h1-6H,(H3,14,15,16,17,18). The molecule has 7 nitrogen and oxygen atoms in total. The number of nitrogens with zero attached hydrogens (tertiary/aromatic N) is 1. The van der Waals surface area contributed by atoms with Crippen LogP contribution in [-0.2, 0) is 0 Å². The van der Waals surface area contributed by atoms with Gasteiger partial charge >= 0.3 is 5.63 Å². The van der Waals surface area contributed by atoms with E-state index in [1.807, 2.05) is 0 Å². The Kier molecular flexibility index (Phi) is 2.72. The Balaban J connectivity index is 2.00. The van der Waals surface area contributed by atoms with E-state index >= 15 is 0 Å². The Bertz CT molecular complexity index is 898. The van der Waals surface area contributed by atoms with Gasteiger partial charge in [-0.25, -0.2) is 4.79 Å². The van der Waals surface area contributed by atoms with Crippen LogP contribution in [0.4, 0.5) is 11.6 Å². The number of aromatic amines is 1. The Morgan fingerprint density at radius 3 is 2.80 bits per heavy atom. The molecule has 3 aromatic rings. The first-order chi connectivity index (χ1) is 9.60. The molecule has 0 saturated carbocycles. The number of hydrogen-bond donors (Lipinski definition) is 3. The highest BCUT2D eigenvalue weighted by Crippen LogP contribution is 2.19. The summed E-state index contributed by atoms with van der Waals surface area (Å²) in [6.45, 7) is 0. The lowest BCUT2D eigenvalue weighted by Crippen LogP contribution is -2.08. The summed E-state index contributed by atoms with van der Waals surface area (Å²) in [7, 11) is 0. The van der Waals surface area contributed by atoms with Crippen LogP contribution in [0.2, 0.25) is 0 Å². The number of benzene rings is 1. The first-order valence-electron chi connectivity index (χ1n) is 5.71. The van der Waals surface area contributed by atoms with Gasteiger partial charge in [-0.05, 0) is 24.3 Å². The van der Waals surface area contributed by atoms with Gasteiger partial charge in [0.15, 0.2) is 0 Å². The van der Waals surface area contributed by atoms with Crippen LogP contribution in [-0.4, -0.2) is 15.1 Å². The number of H-pyrrole nitrogens is 1. The first kappa shape index (κ1) is 12.0. The Morgan fingerprint density at radius 1 is 1.15 bits per heavy atom. The highest BCUT2D eigenvalue weighted by Gasteiger charge is 2.03. The topological polar surface area (TPSA) is 108 Å². The largest absolute Gasteiger partial charge is 0.493 e. The molecule has 2 heterocycles. The minimum absolute atomic E-state index is 0.117. The molecule has 0 unspecified atom stereocenters. The lowest BCUT2D eigenvalue weighted by molar-refractivity contribution is 0.452. The van der Waals surface area contributed by atoms with Gasteiger partial charge in [0.05, 0.1) is 6.07 Å². The summed E-state index contributed by atoms with van der Waals surface area (Å²) in [5.74, 6) is -0.255. The van der Waals surface area contributed by atoms with Crippen molar-refractivity contribution in [1.29, 1.82) is 0 Å². The van der Waals surface area contributed by atoms with E-state index in [9.17, 15) is 14.7 Å². The predicted molar refractivity (Wildman–Crippen MR) is 72.3 cm³/mol. The number of hydrogen-bond acceptors (Lipinski definition) is 6. The molecule has 0 fully saturated rings. The zero-order valence-electron chi connectivity index (χ0n) is 10.1. The van der Waals surface area contributed by atoms with Gasteiger partial charge in [0.2, 0.25) is 11.8 Å². The summed E-state index contributed by atoms with van der Waals surface area (Å²) >= 11 is 0. The first-order valence-corrected chi connectivity index (χ1v) is 5.71. The van der Waals surface area contributed by atoms with E-state index in [4.69, 9.17) is 4.42 Å². The van der Waals surface area contributed by atoms with E-state index in [-0.39, 0.29) is 11.8 Å². The molecule has 2 aromatic heterocycles. The molecule has 7 heteroatoms. The molecule has 0 bridgehead atoms. The minimum Gasteiger partial charge on any atom is -0.493 e. The lowest BCUT2D eigenvalue weighted by Gasteiger charge is -2.06. The van der Waals surface area contributed by atoms with Crippen LogP contribution in [0, 0.1) is 0 Å². The number of rotatable bonds is 2. The van der Waals surface area contributed by atoms with Gasteiger partial charge in [-0.15, -0.1) is 0 Å². The normalized spacial score (nSPS) is 10.6. The van der Waals surface area contributed by atoms with E-state index in [0.29, 0.717) is 11.3 Å². The van der Waals surface area contributed by atoms with E-state index in [0.717, 1.165) is 11.5 Å². The molecule has 0 amide bonds. The lowest BCUT2D eigenvalue weighted by atomic mass is 10.2. The number of nitrogens with one attached hydrogen (secondary N) is 2. The fourth-order valence-electron chi connectivity index (χ4n) is 1.79. The third kappa shape index (κ3) is 2.37. The molecule has 3 rings (SSSR count). The number of anilines is 2. The molecule has 0 spiro atoms. The minimum atomic E-state index is -0.466. The third-order valence-electron chi connectivity index (χ3n) is 2.61. The SMILES string of the molecule is O=c1cc(O)nc(Nc2ccc3oc(=O)ccc3c2)[nH]1. The number of fused-ring (bicyclic) bond motifs is 1. The summed E-state index contributed by atoms with van der Waals surface area (Å²) < 4.78 is 5.01. The second-order valence-corrected chi connectivity index (χ2v) is 4.08. The highest BCUT2D eigenvalue weighted by molar-refractivity contribution is 5.81. The van der Waals surface area contributed by atoms with Crippen LogP contribution >= 0.6 is 0 Å². The molecule has 0 saturated heterocycles. The molecule has 100 valence electrons. The zero-order valence-corrected chi connectivity index (χ0v) is 10.1. The van der Waals surface area contributed by atoms with Crippen LogP contribution in [0.15, 0.2) is 50.4 Å². The Morgan fingerprint density at radius 2 is 2.00 bits per heavy atom. The summed E-state index contributed by atoms with van der Waals surface area (Å²) in [5.41, 5.74) is 0.199. The van der Waals surface area contributed by atoms with Gasteiger partial charge in [0.1, 0.15) is 5.58 Å². The fourth-order valence-corrected chi connectivity index (χ4v) is 1.79. The highest BCUT2D eigenvalue weighted by atomic mass is 16.4. The van der Waals surface area contributed by atoms with Gasteiger partial charge in [-0.1, -0.05) is 0 Å². The third-order valence-corrected chi connectivity index (χ3v) is 2.61. The van der Waals surface area contributed by atoms with Crippen molar-refractivity contribution in [2.24, 2.45) is 0 Å². The quantitative estimate of drug-likeness (QED) is 0.607. The van der Waals surface area contributed by atoms with Crippen LogP contribution in [0.25, 0.3) is 11.0 Å². The second-order valence-electron chi connectivity index (χ2n) is 4.08. The Labute approximate surface area is 111 Å². The molecular formula is C13H9N3O4. The molecule has 20 heavy (non-hydrogen) atoms. The van der Waals surface area contributed by atoms with E-state index in [1.165, 1.54) is 6.07 Å². The van der Waals surface area contributed by atoms with Crippen molar-refractivity contribution in [2.75, 3.05) is 5.32 Å². The van der Waals surface area contributed by atoms with Crippen molar-refractivity contribution in [1.82, 2.24) is 9.97 Å². The van der Waals surface area contributed by atoms with E-state index < -0.39 is 11.2 Å². The van der Waals surface area contributed by atoms with Gasteiger partial charge < -0.3 is 14.8 Å². The summed E-state index contributed by atoms with van der Waals surface area (Å²) in [5, 5.41) is 12.8. The van der Waals surface area contributed by atoms with Crippen molar-refractivity contribution in [2.45, 2.75) is 0 Å². The van der Waals surface area contributed by atoms with Crippen molar-refractivity contribution >= 4 is 22.6 Å². The van der Waals surface area contributed by atoms with Gasteiger partial charge in [-0.3, -0.25) is 9.78 Å². The summed E-state index contributed by atoms with van der Waals surface area (Å²) in [4.78, 5) is 28.5. The smallest absolute Gasteiger partial charge is 0.336 e.